The van der Waals surface area contributed by atoms with Gasteiger partial charge in [0.25, 0.3) is 0 Å². The first kappa shape index (κ1) is 9.68. The van der Waals surface area contributed by atoms with Crippen molar-refractivity contribution in [1.82, 2.24) is 5.32 Å². The second-order valence-corrected chi connectivity index (χ2v) is 4.28. The summed E-state index contributed by atoms with van der Waals surface area (Å²) in [5.74, 6) is 0.100. The highest BCUT2D eigenvalue weighted by atomic mass is 32.1. The van der Waals surface area contributed by atoms with Gasteiger partial charge in [0.1, 0.15) is 0 Å². The van der Waals surface area contributed by atoms with Gasteiger partial charge in [-0.3, -0.25) is 4.79 Å². The van der Waals surface area contributed by atoms with Crippen molar-refractivity contribution in [2.45, 2.75) is 25.3 Å². The molecule has 2 rings (SSSR count). The van der Waals surface area contributed by atoms with E-state index in [1.807, 2.05) is 16.8 Å². The van der Waals surface area contributed by atoms with Crippen LogP contribution in [0.25, 0.3) is 0 Å². The summed E-state index contributed by atoms with van der Waals surface area (Å²) < 4.78 is 0. The zero-order valence-corrected chi connectivity index (χ0v) is 8.77. The zero-order chi connectivity index (χ0) is 9.80. The van der Waals surface area contributed by atoms with Crippen LogP contribution in [0.2, 0.25) is 0 Å². The van der Waals surface area contributed by atoms with E-state index < -0.39 is 0 Å². The molecule has 1 aromatic heterocycles. The normalized spacial score (nSPS) is 21.9. The molecule has 1 aromatic rings. The maximum atomic E-state index is 11.7. The number of thiophene rings is 1. The summed E-state index contributed by atoms with van der Waals surface area (Å²) in [6.45, 7) is 0.960. The summed E-state index contributed by atoms with van der Waals surface area (Å²) in [4.78, 5) is 11.7. The maximum absolute atomic E-state index is 11.7. The minimum Gasteiger partial charge on any atom is -0.324 e. The van der Waals surface area contributed by atoms with Crippen LogP contribution in [0.5, 0.6) is 0 Å². The van der Waals surface area contributed by atoms with Gasteiger partial charge in [-0.1, -0.05) is 6.42 Å². The largest absolute Gasteiger partial charge is 0.324 e. The monoisotopic (exact) mass is 210 g/mol. The molecule has 0 aromatic carbocycles. The van der Waals surface area contributed by atoms with Crippen molar-refractivity contribution in [3.05, 3.63) is 16.8 Å². The van der Waals surface area contributed by atoms with Crippen LogP contribution in [-0.2, 0) is 4.79 Å². The topological polar surface area (TPSA) is 41.1 Å². The quantitative estimate of drug-likeness (QED) is 0.782. The molecule has 1 atom stereocenters. The van der Waals surface area contributed by atoms with Crippen LogP contribution in [0.15, 0.2) is 16.8 Å². The smallest absolute Gasteiger partial charge is 0.241 e. The third kappa shape index (κ3) is 2.33. The van der Waals surface area contributed by atoms with E-state index in [0.717, 1.165) is 25.1 Å². The molecule has 2 N–H and O–H groups in total. The van der Waals surface area contributed by atoms with Crippen molar-refractivity contribution >= 4 is 22.9 Å². The lowest BCUT2D eigenvalue weighted by molar-refractivity contribution is -0.118. The molecule has 76 valence electrons. The van der Waals surface area contributed by atoms with Crippen LogP contribution < -0.4 is 10.6 Å². The highest BCUT2D eigenvalue weighted by Gasteiger charge is 2.20. The number of nitrogens with one attached hydrogen (secondary N) is 2. The van der Waals surface area contributed by atoms with Crippen LogP contribution in [-0.4, -0.2) is 18.5 Å². The number of anilines is 1. The van der Waals surface area contributed by atoms with Gasteiger partial charge in [-0.25, -0.2) is 0 Å². The predicted molar refractivity (Wildman–Crippen MR) is 58.6 cm³/mol. The van der Waals surface area contributed by atoms with Gasteiger partial charge < -0.3 is 10.6 Å². The Balaban J connectivity index is 1.88. The summed E-state index contributed by atoms with van der Waals surface area (Å²) in [7, 11) is 0. The van der Waals surface area contributed by atoms with E-state index in [9.17, 15) is 4.79 Å². The fraction of sp³-hybridized carbons (Fsp3) is 0.500. The molecule has 4 heteroatoms. The summed E-state index contributed by atoms with van der Waals surface area (Å²) in [5.41, 5.74) is 0.910. The molecular weight excluding hydrogens is 196 g/mol. The van der Waals surface area contributed by atoms with E-state index in [-0.39, 0.29) is 11.9 Å². The first-order chi connectivity index (χ1) is 6.86. The molecule has 1 aliphatic heterocycles. The minimum atomic E-state index is 0.00338. The van der Waals surface area contributed by atoms with Crippen LogP contribution in [0, 0.1) is 0 Å². The molecule has 1 amide bonds. The van der Waals surface area contributed by atoms with Crippen molar-refractivity contribution in [2.75, 3.05) is 11.9 Å². The lowest BCUT2D eigenvalue weighted by Gasteiger charge is -2.22. The molecule has 0 spiro atoms. The Hall–Kier alpha value is -0.870. The molecule has 2 heterocycles. The van der Waals surface area contributed by atoms with Gasteiger partial charge in [-0.05, 0) is 30.8 Å². The predicted octanol–water partition coefficient (Wildman–Crippen LogP) is 1.83. The molecule has 1 saturated heterocycles. The first-order valence-electron chi connectivity index (χ1n) is 4.93. The number of carbonyl (C=O) groups is 1. The van der Waals surface area contributed by atoms with Gasteiger partial charge in [0, 0.05) is 5.38 Å². The SMILES string of the molecule is O=C(Nc1ccsc1)C1CCCCN1. The van der Waals surface area contributed by atoms with Crippen LogP contribution in [0.1, 0.15) is 19.3 Å². The van der Waals surface area contributed by atoms with Gasteiger partial charge in [-0.15, -0.1) is 0 Å². The van der Waals surface area contributed by atoms with Crippen molar-refractivity contribution in [1.29, 1.82) is 0 Å². The number of rotatable bonds is 2. The second-order valence-electron chi connectivity index (χ2n) is 3.50. The van der Waals surface area contributed by atoms with Crippen molar-refractivity contribution in [3.8, 4) is 0 Å². The third-order valence-corrected chi connectivity index (χ3v) is 3.10. The Morgan fingerprint density at radius 1 is 1.57 bits per heavy atom. The average molecular weight is 210 g/mol. The minimum absolute atomic E-state index is 0.00338. The zero-order valence-electron chi connectivity index (χ0n) is 7.95. The van der Waals surface area contributed by atoms with E-state index in [4.69, 9.17) is 0 Å². The molecule has 3 nitrogen and oxygen atoms in total. The van der Waals surface area contributed by atoms with Gasteiger partial charge in [0.05, 0.1) is 11.7 Å². The van der Waals surface area contributed by atoms with Gasteiger partial charge in [0.2, 0.25) is 5.91 Å². The van der Waals surface area contributed by atoms with Crippen molar-refractivity contribution in [3.63, 3.8) is 0 Å². The van der Waals surface area contributed by atoms with E-state index in [2.05, 4.69) is 10.6 Å². The van der Waals surface area contributed by atoms with Gasteiger partial charge >= 0.3 is 0 Å². The Bertz CT molecular complexity index is 291. The Labute approximate surface area is 87.5 Å². The summed E-state index contributed by atoms with van der Waals surface area (Å²) in [5, 5.41) is 10.0. The van der Waals surface area contributed by atoms with Crippen molar-refractivity contribution in [2.24, 2.45) is 0 Å². The second kappa shape index (κ2) is 4.57. The maximum Gasteiger partial charge on any atom is 0.241 e. The van der Waals surface area contributed by atoms with Gasteiger partial charge in [0.15, 0.2) is 0 Å². The standard InChI is InChI=1S/C10H14N2OS/c13-10(9-3-1-2-5-11-9)12-8-4-6-14-7-8/h4,6-7,9,11H,1-3,5H2,(H,12,13). The number of hydrogen-bond donors (Lipinski definition) is 2. The molecule has 1 unspecified atom stereocenters. The average Bonchev–Trinajstić information content (AvgIpc) is 2.72. The molecule has 0 radical (unpaired) electrons. The number of amides is 1. The third-order valence-electron chi connectivity index (χ3n) is 2.42. The fourth-order valence-electron chi connectivity index (χ4n) is 1.64. The molecule has 14 heavy (non-hydrogen) atoms. The first-order valence-corrected chi connectivity index (χ1v) is 5.87. The molecule has 0 bridgehead atoms. The fourth-order valence-corrected chi connectivity index (χ4v) is 2.23. The number of hydrogen-bond acceptors (Lipinski definition) is 3. The Morgan fingerprint density at radius 3 is 3.14 bits per heavy atom. The highest BCUT2D eigenvalue weighted by Crippen LogP contribution is 2.14. The van der Waals surface area contributed by atoms with Gasteiger partial charge in [-0.2, -0.15) is 11.3 Å². The molecule has 0 saturated carbocycles. The van der Waals surface area contributed by atoms with E-state index in [1.54, 1.807) is 11.3 Å². The summed E-state index contributed by atoms with van der Waals surface area (Å²) >= 11 is 1.59. The molecule has 1 aliphatic rings. The summed E-state index contributed by atoms with van der Waals surface area (Å²) in [6, 6.07) is 1.93. The number of carbonyl (C=O) groups excluding carboxylic acids is 1. The van der Waals surface area contributed by atoms with E-state index >= 15 is 0 Å². The van der Waals surface area contributed by atoms with E-state index in [1.165, 1.54) is 6.42 Å². The van der Waals surface area contributed by atoms with Crippen LogP contribution in [0.3, 0.4) is 0 Å². The van der Waals surface area contributed by atoms with Crippen molar-refractivity contribution < 1.29 is 4.79 Å². The highest BCUT2D eigenvalue weighted by molar-refractivity contribution is 7.08. The Kier molecular flexibility index (Phi) is 3.16. The van der Waals surface area contributed by atoms with Crippen LogP contribution in [0.4, 0.5) is 5.69 Å². The number of piperidine rings is 1. The Morgan fingerprint density at radius 2 is 2.50 bits per heavy atom. The van der Waals surface area contributed by atoms with E-state index in [0.29, 0.717) is 0 Å². The summed E-state index contributed by atoms with van der Waals surface area (Å²) in [6.07, 6.45) is 3.28. The molecule has 1 fully saturated rings. The molecule has 0 aliphatic carbocycles. The lowest BCUT2D eigenvalue weighted by Crippen LogP contribution is -2.43. The lowest BCUT2D eigenvalue weighted by atomic mass is 10.0. The van der Waals surface area contributed by atoms with Crippen LogP contribution >= 0.6 is 11.3 Å². The molecular formula is C10H14N2OS.